The first-order valence-corrected chi connectivity index (χ1v) is 7.68. The van der Waals surface area contributed by atoms with Gasteiger partial charge in [0.1, 0.15) is 6.04 Å². The van der Waals surface area contributed by atoms with Gasteiger partial charge in [-0.25, -0.2) is 0 Å². The molecular formula is C14H25N3O2. The van der Waals surface area contributed by atoms with Crippen LogP contribution in [0, 0.1) is 0 Å². The van der Waals surface area contributed by atoms with Crippen LogP contribution >= 0.6 is 0 Å². The molecule has 3 rings (SSSR count). The van der Waals surface area contributed by atoms with Crippen LogP contribution in [-0.4, -0.2) is 73.7 Å². The molecule has 1 amide bonds. The van der Waals surface area contributed by atoms with E-state index < -0.39 is 0 Å². The van der Waals surface area contributed by atoms with E-state index >= 15 is 0 Å². The maximum absolute atomic E-state index is 12.4. The summed E-state index contributed by atoms with van der Waals surface area (Å²) in [7, 11) is 0. The number of morpholine rings is 1. The third-order valence-corrected chi connectivity index (χ3v) is 4.65. The number of likely N-dealkylation sites (tertiary alicyclic amines) is 2. The summed E-state index contributed by atoms with van der Waals surface area (Å²) in [5.41, 5.74) is 0. The van der Waals surface area contributed by atoms with Crippen LogP contribution in [0.1, 0.15) is 25.7 Å². The number of carbonyl (C=O) groups excluding carboxylic acids is 1. The van der Waals surface area contributed by atoms with E-state index in [4.69, 9.17) is 4.74 Å². The molecule has 0 spiro atoms. The zero-order valence-electron chi connectivity index (χ0n) is 11.6. The minimum Gasteiger partial charge on any atom is -0.378 e. The quantitative estimate of drug-likeness (QED) is 0.768. The lowest BCUT2D eigenvalue weighted by Crippen LogP contribution is -2.55. The topological polar surface area (TPSA) is 44.8 Å². The van der Waals surface area contributed by atoms with Crippen molar-refractivity contribution in [3.63, 3.8) is 0 Å². The molecule has 1 N–H and O–H groups in total. The van der Waals surface area contributed by atoms with Gasteiger partial charge in [0.05, 0.1) is 13.2 Å². The fourth-order valence-electron chi connectivity index (χ4n) is 3.50. The lowest BCUT2D eigenvalue weighted by atomic mass is 10.0. The van der Waals surface area contributed by atoms with Gasteiger partial charge in [-0.3, -0.25) is 4.79 Å². The summed E-state index contributed by atoms with van der Waals surface area (Å²) in [4.78, 5) is 17.0. The number of nitrogens with one attached hydrogen (secondary N) is 1. The summed E-state index contributed by atoms with van der Waals surface area (Å²) in [6, 6.07) is 0.596. The molecule has 3 heterocycles. The zero-order valence-corrected chi connectivity index (χ0v) is 11.6. The van der Waals surface area contributed by atoms with Crippen molar-refractivity contribution in [3.8, 4) is 0 Å². The van der Waals surface area contributed by atoms with Gasteiger partial charge in [0.15, 0.2) is 0 Å². The smallest absolute Gasteiger partial charge is 0.242 e. The van der Waals surface area contributed by atoms with E-state index in [0.717, 1.165) is 39.1 Å². The Labute approximate surface area is 115 Å². The highest BCUT2D eigenvalue weighted by Crippen LogP contribution is 2.21. The van der Waals surface area contributed by atoms with Gasteiger partial charge in [-0.1, -0.05) is 0 Å². The lowest BCUT2D eigenvalue weighted by molar-refractivity contribution is -0.137. The Balaban J connectivity index is 1.47. The van der Waals surface area contributed by atoms with Crippen molar-refractivity contribution < 1.29 is 9.53 Å². The van der Waals surface area contributed by atoms with Crippen molar-refractivity contribution in [2.24, 2.45) is 0 Å². The van der Waals surface area contributed by atoms with Crippen molar-refractivity contribution >= 4 is 5.91 Å². The lowest BCUT2D eigenvalue weighted by Gasteiger charge is -2.38. The molecule has 0 aromatic heterocycles. The minimum absolute atomic E-state index is 0.114. The molecule has 0 saturated carbocycles. The van der Waals surface area contributed by atoms with Gasteiger partial charge in [0, 0.05) is 25.7 Å². The maximum Gasteiger partial charge on any atom is 0.242 e. The first-order valence-electron chi connectivity index (χ1n) is 7.68. The minimum atomic E-state index is -0.114. The highest BCUT2D eigenvalue weighted by molar-refractivity contribution is 5.82. The number of piperidine rings is 1. The molecule has 3 saturated heterocycles. The van der Waals surface area contributed by atoms with Crippen LogP contribution in [0.4, 0.5) is 0 Å². The van der Waals surface area contributed by atoms with E-state index in [9.17, 15) is 4.79 Å². The molecule has 5 nitrogen and oxygen atoms in total. The molecule has 3 aliphatic rings. The molecule has 1 atom stereocenters. The van der Waals surface area contributed by atoms with Crippen LogP contribution in [0.25, 0.3) is 0 Å². The van der Waals surface area contributed by atoms with E-state index in [2.05, 4.69) is 10.2 Å². The van der Waals surface area contributed by atoms with Gasteiger partial charge >= 0.3 is 0 Å². The fourth-order valence-corrected chi connectivity index (χ4v) is 3.50. The van der Waals surface area contributed by atoms with Crippen molar-refractivity contribution in [2.45, 2.75) is 37.8 Å². The van der Waals surface area contributed by atoms with Crippen molar-refractivity contribution in [1.29, 1.82) is 0 Å². The number of rotatable bonds is 2. The van der Waals surface area contributed by atoms with E-state index in [1.54, 1.807) is 0 Å². The van der Waals surface area contributed by atoms with Gasteiger partial charge in [-0.15, -0.1) is 0 Å². The van der Waals surface area contributed by atoms with Crippen molar-refractivity contribution in [1.82, 2.24) is 15.1 Å². The number of hydrogen-bond acceptors (Lipinski definition) is 4. The van der Waals surface area contributed by atoms with Gasteiger partial charge in [0.25, 0.3) is 0 Å². The van der Waals surface area contributed by atoms with E-state index in [1.165, 1.54) is 25.9 Å². The number of hydrogen-bond donors (Lipinski definition) is 1. The molecular weight excluding hydrogens is 242 g/mol. The van der Waals surface area contributed by atoms with Gasteiger partial charge < -0.3 is 19.9 Å². The van der Waals surface area contributed by atoms with Crippen molar-refractivity contribution in [3.05, 3.63) is 0 Å². The van der Waals surface area contributed by atoms with E-state index in [-0.39, 0.29) is 11.9 Å². The molecule has 5 heteroatoms. The average Bonchev–Trinajstić information content (AvgIpc) is 3.02. The van der Waals surface area contributed by atoms with Crippen LogP contribution < -0.4 is 5.32 Å². The molecule has 0 radical (unpaired) electrons. The molecule has 108 valence electrons. The fraction of sp³-hybridized carbons (Fsp3) is 0.929. The first kappa shape index (κ1) is 13.3. The summed E-state index contributed by atoms with van der Waals surface area (Å²) in [5, 5.41) is 3.26. The predicted octanol–water partition coefficient (Wildman–Crippen LogP) is 0.0616. The molecule has 0 aromatic rings. The van der Waals surface area contributed by atoms with Crippen LogP contribution in [0.2, 0.25) is 0 Å². The standard InChI is InChI=1S/C14H25N3O2/c18-14(13-11-19-10-5-15-13)17-8-3-12(4-9-17)16-6-1-2-7-16/h12-13,15H,1-11H2. The molecule has 0 aromatic carbocycles. The summed E-state index contributed by atoms with van der Waals surface area (Å²) in [6.07, 6.45) is 4.98. The predicted molar refractivity (Wildman–Crippen MR) is 73.0 cm³/mol. The normalized spacial score (nSPS) is 30.7. The van der Waals surface area contributed by atoms with Gasteiger partial charge in [-0.2, -0.15) is 0 Å². The van der Waals surface area contributed by atoms with Gasteiger partial charge in [-0.05, 0) is 38.8 Å². The Hall–Kier alpha value is -0.650. The maximum atomic E-state index is 12.4. The van der Waals surface area contributed by atoms with Crippen LogP contribution in [0.5, 0.6) is 0 Å². The summed E-state index contributed by atoms with van der Waals surface area (Å²) >= 11 is 0. The second kappa shape index (κ2) is 6.20. The van der Waals surface area contributed by atoms with E-state index in [1.807, 2.05) is 4.90 Å². The third kappa shape index (κ3) is 3.09. The molecule has 3 fully saturated rings. The van der Waals surface area contributed by atoms with Crippen LogP contribution in [0.15, 0.2) is 0 Å². The molecule has 0 aliphatic carbocycles. The monoisotopic (exact) mass is 267 g/mol. The summed E-state index contributed by atoms with van der Waals surface area (Å²) < 4.78 is 5.38. The molecule has 1 unspecified atom stereocenters. The number of carbonyl (C=O) groups is 1. The first-order chi connectivity index (χ1) is 9.34. The second-order valence-electron chi connectivity index (χ2n) is 5.88. The Morgan fingerprint density at radius 3 is 2.47 bits per heavy atom. The molecule has 19 heavy (non-hydrogen) atoms. The number of ether oxygens (including phenoxy) is 1. The van der Waals surface area contributed by atoms with Crippen LogP contribution in [-0.2, 0) is 9.53 Å². The third-order valence-electron chi connectivity index (χ3n) is 4.65. The SMILES string of the molecule is O=C(C1COCCN1)N1CCC(N2CCCC2)CC1. The largest absolute Gasteiger partial charge is 0.378 e. The Bertz CT molecular complexity index is 304. The Morgan fingerprint density at radius 2 is 1.84 bits per heavy atom. The average molecular weight is 267 g/mol. The number of nitrogens with zero attached hydrogens (tertiary/aromatic N) is 2. The number of amides is 1. The van der Waals surface area contributed by atoms with E-state index in [0.29, 0.717) is 12.6 Å². The Kier molecular flexibility index (Phi) is 4.35. The summed E-state index contributed by atoms with van der Waals surface area (Å²) in [6.45, 7) is 6.40. The highest BCUT2D eigenvalue weighted by Gasteiger charge is 2.31. The van der Waals surface area contributed by atoms with Crippen LogP contribution in [0.3, 0.4) is 0 Å². The van der Waals surface area contributed by atoms with Gasteiger partial charge in [0.2, 0.25) is 5.91 Å². The van der Waals surface area contributed by atoms with Crippen molar-refractivity contribution in [2.75, 3.05) is 45.9 Å². The second-order valence-corrected chi connectivity index (χ2v) is 5.88. The summed E-state index contributed by atoms with van der Waals surface area (Å²) in [5.74, 6) is 0.236. The molecule has 3 aliphatic heterocycles. The molecule has 0 bridgehead atoms. The highest BCUT2D eigenvalue weighted by atomic mass is 16.5. The Morgan fingerprint density at radius 1 is 1.11 bits per heavy atom. The zero-order chi connectivity index (χ0) is 13.1.